The van der Waals surface area contributed by atoms with Crippen molar-refractivity contribution < 1.29 is 39.7 Å². The van der Waals surface area contributed by atoms with Gasteiger partial charge in [0, 0.05) is 29.6 Å². The number of thioether (sulfide) groups is 2. The van der Waals surface area contributed by atoms with Crippen LogP contribution in [0.4, 0.5) is 25.2 Å². The van der Waals surface area contributed by atoms with Crippen molar-refractivity contribution in [1.82, 2.24) is 10.6 Å². The molecule has 5 nitrogen and oxygen atoms in total. The Morgan fingerprint density at radius 2 is 1.58 bits per heavy atom. The molecule has 0 bridgehead atoms. The first-order valence-electron chi connectivity index (χ1n) is 19.8. The van der Waals surface area contributed by atoms with Gasteiger partial charge < -0.3 is 5.11 Å². The number of carboxylic acids is 1. The van der Waals surface area contributed by atoms with Crippen molar-refractivity contribution in [2.75, 3.05) is 30.3 Å². The van der Waals surface area contributed by atoms with Crippen LogP contribution in [0, 0.1) is 46.3 Å². The molecule has 3 N–H and O–H groups in total. The summed E-state index contributed by atoms with van der Waals surface area (Å²) in [7, 11) is -10.7. The average Bonchev–Trinajstić information content (AvgIpc) is 3.39. The molecule has 0 amide bonds. The molecule has 3 saturated carbocycles. The third-order valence-electron chi connectivity index (χ3n) is 13.8. The number of hydrogen-bond donors (Lipinski definition) is 3. The summed E-state index contributed by atoms with van der Waals surface area (Å²) in [6.07, 6.45) is 20.8. The van der Waals surface area contributed by atoms with Crippen LogP contribution in [0.2, 0.25) is 0 Å². The predicted molar refractivity (Wildman–Crippen MR) is 206 cm³/mol. The zero-order valence-corrected chi connectivity index (χ0v) is 34.4. The van der Waals surface area contributed by atoms with Crippen molar-refractivity contribution in [2.24, 2.45) is 46.3 Å². The number of nitrogens with one attached hydrogen (secondary N) is 2. The van der Waals surface area contributed by atoms with E-state index in [0.29, 0.717) is 22.9 Å². The summed E-state index contributed by atoms with van der Waals surface area (Å²) in [5, 5.41) is 17.3. The van der Waals surface area contributed by atoms with Gasteiger partial charge in [-0.05, 0) is 97.7 Å². The van der Waals surface area contributed by atoms with Gasteiger partial charge in [-0.2, -0.15) is 11.8 Å². The first kappa shape index (κ1) is 42.3. The number of rotatable bonds is 12. The van der Waals surface area contributed by atoms with Crippen LogP contribution in [-0.2, 0) is 4.79 Å². The molecule has 0 aromatic heterocycles. The van der Waals surface area contributed by atoms with Gasteiger partial charge in [0.15, 0.2) is 0 Å². The quantitative estimate of drug-likeness (QED) is 0.0790. The van der Waals surface area contributed by atoms with Gasteiger partial charge in [0.2, 0.25) is 0 Å². The van der Waals surface area contributed by atoms with Crippen LogP contribution < -0.4 is 10.6 Å². The molecule has 0 aromatic rings. The van der Waals surface area contributed by atoms with Crippen molar-refractivity contribution in [3.63, 3.8) is 0 Å². The van der Waals surface area contributed by atoms with E-state index >= 15 is 0 Å². The summed E-state index contributed by atoms with van der Waals surface area (Å²) in [6, 6.07) is 0.889. The van der Waals surface area contributed by atoms with Gasteiger partial charge in [-0.15, -0.1) is 11.8 Å². The van der Waals surface area contributed by atoms with E-state index in [0.717, 1.165) is 66.0 Å². The van der Waals surface area contributed by atoms with Crippen LogP contribution in [0.25, 0.3) is 0 Å². The summed E-state index contributed by atoms with van der Waals surface area (Å²) >= 11 is 3.77. The molecule has 52 heavy (non-hydrogen) atoms. The third kappa shape index (κ3) is 11.4. The Morgan fingerprint density at radius 1 is 0.923 bits per heavy atom. The molecule has 6 aliphatic rings. The maximum absolute atomic E-state index is 10.9. The fourth-order valence-electron chi connectivity index (χ4n) is 11.3. The van der Waals surface area contributed by atoms with Crippen LogP contribution >= 0.6 is 31.3 Å². The number of carbonyl (C=O) groups is 1. The molecular formula is C38H64F6N3O2PS2. The second-order valence-corrected chi connectivity index (χ2v) is 22.2. The molecular weight excluding hydrogens is 740 g/mol. The first-order valence-corrected chi connectivity index (χ1v) is 24.1. The third-order valence-corrected chi connectivity index (χ3v) is 16.4. The molecule has 6 rings (SSSR count). The van der Waals surface area contributed by atoms with Gasteiger partial charge in [0.25, 0.3) is 0 Å². The van der Waals surface area contributed by atoms with Crippen LogP contribution in [0.5, 0.6) is 0 Å². The van der Waals surface area contributed by atoms with Crippen LogP contribution in [0.1, 0.15) is 118 Å². The molecule has 0 unspecified atom stereocenters. The molecule has 4 aliphatic carbocycles. The Bertz CT molecular complexity index is 1340. The summed E-state index contributed by atoms with van der Waals surface area (Å²) in [5.41, 5.74) is 2.86. The molecule has 10 atom stereocenters. The Balaban J connectivity index is 0.000000679. The fraction of sp³-hybridized carbons (Fsp3) is 0.895. The van der Waals surface area contributed by atoms with E-state index in [2.05, 4.69) is 67.7 Å². The molecule has 2 heterocycles. The van der Waals surface area contributed by atoms with E-state index < -0.39 is 13.8 Å². The minimum absolute atomic E-state index is 0.195. The average molecular weight is 804 g/mol. The minimum atomic E-state index is -10.7. The van der Waals surface area contributed by atoms with Gasteiger partial charge in [0.05, 0.1) is 30.9 Å². The Hall–Kier alpha value is -0.810. The molecule has 2 aliphatic heterocycles. The maximum atomic E-state index is 10.9. The number of hydrogen-bond acceptors (Lipinski definition) is 5. The van der Waals surface area contributed by atoms with Gasteiger partial charge in [-0.25, -0.2) is 0 Å². The Labute approximate surface area is 316 Å². The number of guanidine groups is 1. The zero-order chi connectivity index (χ0) is 38.2. The molecule has 0 aromatic carbocycles. The van der Waals surface area contributed by atoms with Gasteiger partial charge >= 0.3 is 44.9 Å². The Kier molecular flexibility index (Phi) is 12.7. The van der Waals surface area contributed by atoms with Gasteiger partial charge in [-0.3, -0.25) is 20.0 Å². The van der Waals surface area contributed by atoms with E-state index in [-0.39, 0.29) is 5.75 Å². The number of halogens is 6. The Morgan fingerprint density at radius 3 is 2.21 bits per heavy atom. The van der Waals surface area contributed by atoms with Gasteiger partial charge in [0.1, 0.15) is 0 Å². The standard InChI is InChI=1S/C38H63N3O2S2.F6P/c1-25(2)7-6-8-26(3)32-11-12-33-31-10-9-27-21-30(13-17-37(27,4)34(31)14-18-38(32,33)5)45-23-29-16-20-41-19-15-28(39-36(41)40-29)22-44-24-35(42)43;1-7(2,3,4,5)6/h9,25-26,28-34H,6-8,10-24H2,1-5H3,(H2,39,40,42,43);/q;-1/p+1/t26-,28+,29+,30-,31+,32-,33+,34+,37+,38-;/m1./s1. The van der Waals surface area contributed by atoms with Crippen molar-refractivity contribution in [3.8, 4) is 0 Å². The van der Waals surface area contributed by atoms with E-state index in [1.165, 1.54) is 101 Å². The number of fused-ring (bicyclic) bond motifs is 5. The SMILES string of the molecule is CC(C)CCC[C@@H](C)[C@H]1CC[C@H]2[C@@H]3CC=C4C[C@H](SC[C@@H]5CC[N+]6=C(N[C@H](CSCC(=O)O)CC6)N5)CC[C@]4(C)[C@H]3CC[C@]12C.F[P-](F)(F)(F)(F)F. The van der Waals surface area contributed by atoms with Gasteiger partial charge in [-0.1, -0.05) is 65.5 Å². The fourth-order valence-corrected chi connectivity index (χ4v) is 13.5. The summed E-state index contributed by atoms with van der Waals surface area (Å²) in [4.78, 5) is 10.9. The summed E-state index contributed by atoms with van der Waals surface area (Å²) in [6.45, 7) is 15.0. The van der Waals surface area contributed by atoms with Crippen molar-refractivity contribution in [2.45, 2.75) is 135 Å². The van der Waals surface area contributed by atoms with Crippen molar-refractivity contribution >= 4 is 43.3 Å². The molecule has 3 fully saturated rings. The normalized spacial score (nSPS) is 37.7. The van der Waals surface area contributed by atoms with Crippen LogP contribution in [0.15, 0.2) is 11.6 Å². The van der Waals surface area contributed by atoms with E-state index in [1.54, 1.807) is 0 Å². The predicted octanol–water partition coefficient (Wildman–Crippen LogP) is 11.4. The topological polar surface area (TPSA) is 64.4 Å². The van der Waals surface area contributed by atoms with E-state index in [9.17, 15) is 30.0 Å². The summed E-state index contributed by atoms with van der Waals surface area (Å²) < 4.78 is 61.7. The number of nitrogens with zero attached hydrogens (tertiary/aromatic N) is 1. The van der Waals surface area contributed by atoms with E-state index in [4.69, 9.17) is 5.11 Å². The number of aliphatic carboxylic acids is 1. The number of carboxylic acid groups (broad SMARTS) is 1. The van der Waals surface area contributed by atoms with Crippen molar-refractivity contribution in [1.29, 1.82) is 0 Å². The molecule has 14 heteroatoms. The molecule has 0 radical (unpaired) electrons. The molecule has 0 spiro atoms. The molecule has 0 saturated heterocycles. The van der Waals surface area contributed by atoms with Crippen molar-refractivity contribution in [3.05, 3.63) is 11.6 Å². The van der Waals surface area contributed by atoms with Crippen LogP contribution in [0.3, 0.4) is 0 Å². The first-order chi connectivity index (χ1) is 24.0. The summed E-state index contributed by atoms with van der Waals surface area (Å²) in [5.74, 6) is 8.21. The number of allylic oxidation sites excluding steroid dienone is 2. The second kappa shape index (κ2) is 15.6. The van der Waals surface area contributed by atoms with E-state index in [1.807, 2.05) is 5.57 Å². The zero-order valence-electron chi connectivity index (χ0n) is 31.8. The molecule has 302 valence electrons. The monoisotopic (exact) mass is 803 g/mol. The second-order valence-electron chi connectivity index (χ2n) is 18.0. The van der Waals surface area contributed by atoms with Crippen LogP contribution in [-0.4, -0.2) is 69.3 Å².